The maximum Gasteiger partial charge on any atom is 0.251 e. The van der Waals surface area contributed by atoms with E-state index in [4.69, 9.17) is 23.2 Å². The Morgan fingerprint density at radius 1 is 1.04 bits per heavy atom. The second kappa shape index (κ2) is 8.71. The highest BCUT2D eigenvalue weighted by atomic mass is 35.5. The largest absolute Gasteiger partial charge is 0.352 e. The average molecular weight is 365 g/mol. The minimum atomic E-state index is -0.234. The third-order valence-corrected chi connectivity index (χ3v) is 3.96. The van der Waals surface area contributed by atoms with Crippen molar-refractivity contribution in [2.24, 2.45) is 0 Å². The number of halogens is 2. The average Bonchev–Trinajstić information content (AvgIpc) is 2.55. The molecule has 0 aliphatic heterocycles. The third kappa shape index (κ3) is 5.55. The van der Waals surface area contributed by atoms with Gasteiger partial charge in [-0.25, -0.2) is 0 Å². The van der Waals surface area contributed by atoms with Crippen molar-refractivity contribution in [3.05, 3.63) is 69.7 Å². The summed E-state index contributed by atoms with van der Waals surface area (Å²) in [5, 5.41) is 6.78. The molecule has 0 unspecified atom stereocenters. The van der Waals surface area contributed by atoms with Crippen LogP contribution in [0.15, 0.2) is 48.5 Å². The van der Waals surface area contributed by atoms with E-state index < -0.39 is 0 Å². The van der Waals surface area contributed by atoms with E-state index in [0.717, 1.165) is 5.56 Å². The highest BCUT2D eigenvalue weighted by molar-refractivity contribution is 6.30. The van der Waals surface area contributed by atoms with Gasteiger partial charge in [0.25, 0.3) is 5.91 Å². The van der Waals surface area contributed by atoms with Crippen LogP contribution in [0.25, 0.3) is 0 Å². The number of hydrogen-bond acceptors (Lipinski definition) is 2. The Labute approximate surface area is 151 Å². The molecule has 0 fully saturated rings. The number of nitrogens with one attached hydrogen (secondary N) is 2. The van der Waals surface area contributed by atoms with Crippen LogP contribution < -0.4 is 10.6 Å². The molecule has 24 heavy (non-hydrogen) atoms. The molecule has 2 aromatic rings. The van der Waals surface area contributed by atoms with Gasteiger partial charge in [-0.1, -0.05) is 35.3 Å². The Hall–Kier alpha value is -2.04. The van der Waals surface area contributed by atoms with Crippen molar-refractivity contribution in [3.63, 3.8) is 0 Å². The minimum Gasteiger partial charge on any atom is -0.352 e. The fourth-order valence-corrected chi connectivity index (χ4v) is 2.49. The van der Waals surface area contributed by atoms with Gasteiger partial charge in [0.15, 0.2) is 0 Å². The Morgan fingerprint density at radius 2 is 1.75 bits per heavy atom. The number of carbonyl (C=O) groups excluding carboxylic acids is 2. The molecule has 2 rings (SSSR count). The second-order valence-corrected chi connectivity index (χ2v) is 6.23. The fraction of sp³-hybridized carbons (Fsp3) is 0.222. The predicted octanol–water partition coefficient (Wildman–Crippen LogP) is 3.99. The summed E-state index contributed by atoms with van der Waals surface area (Å²) in [6, 6.07) is 13.8. The molecule has 2 amide bonds. The molecule has 0 aromatic heterocycles. The fourth-order valence-electron chi connectivity index (χ4n) is 2.17. The predicted molar refractivity (Wildman–Crippen MR) is 96.4 cm³/mol. The zero-order valence-electron chi connectivity index (χ0n) is 13.2. The van der Waals surface area contributed by atoms with E-state index in [1.165, 1.54) is 0 Å². The molecule has 0 aliphatic carbocycles. The van der Waals surface area contributed by atoms with Gasteiger partial charge in [0.2, 0.25) is 5.91 Å². The zero-order chi connectivity index (χ0) is 17.5. The number of carbonyl (C=O) groups is 2. The zero-order valence-corrected chi connectivity index (χ0v) is 14.7. The molecule has 0 saturated heterocycles. The lowest BCUT2D eigenvalue weighted by Gasteiger charge is -2.14. The van der Waals surface area contributed by atoms with Crippen molar-refractivity contribution < 1.29 is 9.59 Å². The van der Waals surface area contributed by atoms with Crippen LogP contribution in [-0.2, 0) is 4.79 Å². The van der Waals surface area contributed by atoms with Crippen LogP contribution in [0, 0.1) is 0 Å². The molecule has 0 radical (unpaired) electrons. The van der Waals surface area contributed by atoms with Gasteiger partial charge in [0, 0.05) is 28.6 Å². The number of benzene rings is 2. The van der Waals surface area contributed by atoms with E-state index in [1.54, 1.807) is 30.3 Å². The van der Waals surface area contributed by atoms with Crippen molar-refractivity contribution in [2.75, 3.05) is 6.54 Å². The summed E-state index contributed by atoms with van der Waals surface area (Å²) in [7, 11) is 0. The first-order valence-corrected chi connectivity index (χ1v) is 8.30. The Kier molecular flexibility index (Phi) is 6.64. The molecule has 2 aromatic carbocycles. The van der Waals surface area contributed by atoms with Gasteiger partial charge in [-0.15, -0.1) is 0 Å². The molecule has 1 atom stereocenters. The molecule has 0 bridgehead atoms. The number of amides is 2. The van der Waals surface area contributed by atoms with Crippen molar-refractivity contribution in [1.82, 2.24) is 10.6 Å². The van der Waals surface area contributed by atoms with Gasteiger partial charge in [-0.3, -0.25) is 9.59 Å². The summed E-state index contributed by atoms with van der Waals surface area (Å²) in [5.74, 6) is -0.374. The summed E-state index contributed by atoms with van der Waals surface area (Å²) in [6.07, 6.45) is 0.199. The van der Waals surface area contributed by atoms with E-state index in [1.807, 2.05) is 25.1 Å². The van der Waals surface area contributed by atoms with Gasteiger partial charge < -0.3 is 10.6 Å². The molecular weight excluding hydrogens is 347 g/mol. The van der Waals surface area contributed by atoms with Crippen LogP contribution in [0.3, 0.4) is 0 Å². The van der Waals surface area contributed by atoms with E-state index >= 15 is 0 Å². The number of rotatable bonds is 6. The molecule has 6 heteroatoms. The number of hydrogen-bond donors (Lipinski definition) is 2. The first-order valence-electron chi connectivity index (χ1n) is 7.54. The van der Waals surface area contributed by atoms with Crippen molar-refractivity contribution >= 4 is 35.0 Å². The standard InChI is InChI=1S/C18H18Cl2N2O2/c1-12(14-3-2-4-16(20)11-14)22-17(23)9-10-21-18(24)13-5-7-15(19)8-6-13/h2-8,11-12H,9-10H2,1H3,(H,21,24)(H,22,23)/t12-/m1/s1. The summed E-state index contributed by atoms with van der Waals surface area (Å²) in [6.45, 7) is 2.14. The first-order chi connectivity index (χ1) is 11.5. The minimum absolute atomic E-state index is 0.140. The quantitative estimate of drug-likeness (QED) is 0.813. The smallest absolute Gasteiger partial charge is 0.251 e. The third-order valence-electron chi connectivity index (χ3n) is 3.47. The molecule has 4 nitrogen and oxygen atoms in total. The van der Waals surface area contributed by atoms with Gasteiger partial charge in [0.1, 0.15) is 0 Å². The summed E-state index contributed by atoms with van der Waals surface area (Å²) >= 11 is 11.7. The van der Waals surface area contributed by atoms with Crippen LogP contribution >= 0.6 is 23.2 Å². The summed E-state index contributed by atoms with van der Waals surface area (Å²) in [5.41, 5.74) is 1.44. The van der Waals surface area contributed by atoms with Crippen LogP contribution in [0.4, 0.5) is 0 Å². The van der Waals surface area contributed by atoms with E-state index in [0.29, 0.717) is 15.6 Å². The van der Waals surface area contributed by atoms with E-state index in [9.17, 15) is 9.59 Å². The van der Waals surface area contributed by atoms with E-state index in [2.05, 4.69) is 10.6 Å². The normalized spacial score (nSPS) is 11.6. The maximum absolute atomic E-state index is 12.0. The van der Waals surface area contributed by atoms with Crippen molar-refractivity contribution in [1.29, 1.82) is 0 Å². The molecule has 126 valence electrons. The topological polar surface area (TPSA) is 58.2 Å². The Balaban J connectivity index is 1.77. The molecule has 0 saturated carbocycles. The van der Waals surface area contributed by atoms with Gasteiger partial charge >= 0.3 is 0 Å². The molecule has 0 spiro atoms. The monoisotopic (exact) mass is 364 g/mol. The van der Waals surface area contributed by atoms with Gasteiger partial charge in [-0.05, 0) is 48.9 Å². The highest BCUT2D eigenvalue weighted by Crippen LogP contribution is 2.17. The lowest BCUT2D eigenvalue weighted by molar-refractivity contribution is -0.121. The lowest BCUT2D eigenvalue weighted by Crippen LogP contribution is -2.32. The molecule has 0 heterocycles. The van der Waals surface area contributed by atoms with Gasteiger partial charge in [-0.2, -0.15) is 0 Å². The summed E-state index contributed by atoms with van der Waals surface area (Å²) in [4.78, 5) is 23.9. The van der Waals surface area contributed by atoms with Crippen molar-refractivity contribution in [2.45, 2.75) is 19.4 Å². The Bertz CT molecular complexity index is 717. The Morgan fingerprint density at radius 3 is 2.42 bits per heavy atom. The van der Waals surface area contributed by atoms with E-state index in [-0.39, 0.29) is 30.8 Å². The van der Waals surface area contributed by atoms with Crippen LogP contribution in [0.1, 0.15) is 35.3 Å². The van der Waals surface area contributed by atoms with Gasteiger partial charge in [0.05, 0.1) is 6.04 Å². The molecular formula is C18H18Cl2N2O2. The maximum atomic E-state index is 12.0. The van der Waals surface area contributed by atoms with Crippen LogP contribution in [0.5, 0.6) is 0 Å². The van der Waals surface area contributed by atoms with Crippen LogP contribution in [-0.4, -0.2) is 18.4 Å². The lowest BCUT2D eigenvalue weighted by atomic mass is 10.1. The van der Waals surface area contributed by atoms with Crippen molar-refractivity contribution in [3.8, 4) is 0 Å². The molecule has 2 N–H and O–H groups in total. The first kappa shape index (κ1) is 18.3. The SMILES string of the molecule is C[C@@H](NC(=O)CCNC(=O)c1ccc(Cl)cc1)c1cccc(Cl)c1. The highest BCUT2D eigenvalue weighted by Gasteiger charge is 2.11. The summed E-state index contributed by atoms with van der Waals surface area (Å²) < 4.78 is 0. The second-order valence-electron chi connectivity index (χ2n) is 5.36. The molecule has 0 aliphatic rings. The van der Waals surface area contributed by atoms with Crippen LogP contribution in [0.2, 0.25) is 10.0 Å².